The zero-order chi connectivity index (χ0) is 21.8. The summed E-state index contributed by atoms with van der Waals surface area (Å²) in [6.45, 7) is 0.244. The summed E-state index contributed by atoms with van der Waals surface area (Å²) in [5.74, 6) is -0.348. The first-order valence-electron chi connectivity index (χ1n) is 9.77. The van der Waals surface area contributed by atoms with E-state index >= 15 is 0 Å². The number of amides is 1. The average molecular weight is 459 g/mol. The predicted octanol–water partition coefficient (Wildman–Crippen LogP) is 4.12. The molecule has 1 aliphatic heterocycles. The first-order chi connectivity index (χ1) is 15.0. The van der Waals surface area contributed by atoms with Gasteiger partial charge < -0.3 is 5.32 Å². The van der Waals surface area contributed by atoms with Crippen molar-refractivity contribution in [2.75, 3.05) is 12.3 Å². The van der Waals surface area contributed by atoms with Crippen molar-refractivity contribution < 1.29 is 19.0 Å². The van der Waals surface area contributed by atoms with Crippen LogP contribution in [-0.4, -0.2) is 36.3 Å². The summed E-state index contributed by atoms with van der Waals surface area (Å²) < 4.78 is 41.4. The molecular formula is C23H23FN2O3S2. The van der Waals surface area contributed by atoms with Crippen LogP contribution >= 0.6 is 11.8 Å². The number of nitrogens with one attached hydrogen (secondary N) is 1. The van der Waals surface area contributed by atoms with E-state index in [1.807, 2.05) is 30.3 Å². The van der Waals surface area contributed by atoms with Crippen molar-refractivity contribution >= 4 is 27.7 Å². The van der Waals surface area contributed by atoms with E-state index in [0.29, 0.717) is 11.3 Å². The van der Waals surface area contributed by atoms with E-state index in [1.165, 1.54) is 22.1 Å². The molecule has 0 saturated carbocycles. The molecule has 1 N–H and O–H groups in total. The Labute approximate surface area is 186 Å². The van der Waals surface area contributed by atoms with Gasteiger partial charge in [0, 0.05) is 25.8 Å². The number of benzene rings is 3. The molecule has 1 atom stereocenters. The van der Waals surface area contributed by atoms with Crippen molar-refractivity contribution in [1.29, 1.82) is 0 Å². The second kappa shape index (κ2) is 9.21. The largest absolute Gasteiger partial charge is 0.350 e. The van der Waals surface area contributed by atoms with Crippen LogP contribution in [0.15, 0.2) is 83.8 Å². The van der Waals surface area contributed by atoms with Gasteiger partial charge in [0.25, 0.3) is 0 Å². The number of carbonyl (C=O) groups excluding carboxylic acids is 1. The van der Waals surface area contributed by atoms with Crippen LogP contribution in [0, 0.1) is 5.82 Å². The smallest absolute Gasteiger partial charge is 0.249 e. The van der Waals surface area contributed by atoms with Crippen LogP contribution in [0.1, 0.15) is 6.99 Å². The molecule has 3 aromatic rings. The van der Waals surface area contributed by atoms with Crippen LogP contribution in [0.3, 0.4) is 0 Å². The quantitative estimate of drug-likeness (QED) is 0.604. The minimum Gasteiger partial charge on any atom is -0.350 e. The van der Waals surface area contributed by atoms with E-state index in [4.69, 9.17) is 0 Å². The molecule has 5 nitrogen and oxygen atoms in total. The predicted molar refractivity (Wildman–Crippen MR) is 122 cm³/mol. The molecule has 1 heterocycles. The zero-order valence-electron chi connectivity index (χ0n) is 16.6. The van der Waals surface area contributed by atoms with E-state index in [-0.39, 0.29) is 19.4 Å². The van der Waals surface area contributed by atoms with Gasteiger partial charge in [-0.3, -0.25) is 4.79 Å². The number of nitrogens with zero attached hydrogens (tertiary/aromatic N) is 1. The Kier molecular flexibility index (Phi) is 6.41. The topological polar surface area (TPSA) is 66.5 Å². The molecule has 162 valence electrons. The van der Waals surface area contributed by atoms with Gasteiger partial charge in [-0.2, -0.15) is 4.31 Å². The van der Waals surface area contributed by atoms with Crippen LogP contribution in [0.5, 0.6) is 0 Å². The summed E-state index contributed by atoms with van der Waals surface area (Å²) in [4.78, 5) is 12.8. The van der Waals surface area contributed by atoms with Crippen LogP contribution in [0.25, 0.3) is 11.1 Å². The molecule has 4 rings (SSSR count). The Hall–Kier alpha value is -2.68. The average Bonchev–Trinajstić information content (AvgIpc) is 3.30. The summed E-state index contributed by atoms with van der Waals surface area (Å²) in [6.07, 6.45) is 0. The van der Waals surface area contributed by atoms with E-state index in [1.54, 1.807) is 42.5 Å². The number of halogens is 1. The highest BCUT2D eigenvalue weighted by atomic mass is 32.2. The Morgan fingerprint density at radius 1 is 1.00 bits per heavy atom. The van der Waals surface area contributed by atoms with Gasteiger partial charge in [0.05, 0.1) is 4.90 Å². The van der Waals surface area contributed by atoms with Gasteiger partial charge >= 0.3 is 0 Å². The SMILES string of the molecule is O=C(NCc1ccccc1F)C1SCCN1S(=O)(=O)c1ccc(-c2ccccc2)cc1.[HH]. The van der Waals surface area contributed by atoms with E-state index in [2.05, 4.69) is 5.32 Å². The van der Waals surface area contributed by atoms with Gasteiger partial charge in [0.2, 0.25) is 15.9 Å². The maximum absolute atomic E-state index is 13.8. The van der Waals surface area contributed by atoms with Gasteiger partial charge in [0.1, 0.15) is 11.2 Å². The number of sulfonamides is 1. The number of hydrogen-bond acceptors (Lipinski definition) is 4. The Morgan fingerprint density at radius 2 is 1.65 bits per heavy atom. The third kappa shape index (κ3) is 4.66. The third-order valence-electron chi connectivity index (χ3n) is 5.05. The standard InChI is InChI=1S/C23H21FN2O3S2.H2/c24-21-9-5-4-8-19(21)16-25-22(27)23-26(14-15-30-23)31(28,29)20-12-10-18(11-13-20)17-6-2-1-3-7-17;/h1-13,23H,14-16H2,(H,25,27);1H. The highest BCUT2D eigenvalue weighted by molar-refractivity contribution is 8.02. The minimum atomic E-state index is -3.85. The molecular weight excluding hydrogens is 435 g/mol. The molecule has 1 aliphatic rings. The van der Waals surface area contributed by atoms with Gasteiger partial charge in [-0.05, 0) is 29.3 Å². The molecule has 0 aromatic heterocycles. The lowest BCUT2D eigenvalue weighted by atomic mass is 10.1. The summed E-state index contributed by atoms with van der Waals surface area (Å²) in [5.41, 5.74) is 2.26. The first-order valence-corrected chi connectivity index (χ1v) is 12.3. The van der Waals surface area contributed by atoms with Gasteiger partial charge in [0.15, 0.2) is 0 Å². The maximum atomic E-state index is 13.8. The lowest BCUT2D eigenvalue weighted by molar-refractivity contribution is -0.122. The van der Waals surface area contributed by atoms with Crippen LogP contribution in [-0.2, 0) is 21.4 Å². The van der Waals surface area contributed by atoms with Crippen LogP contribution in [0.4, 0.5) is 4.39 Å². The van der Waals surface area contributed by atoms with Crippen molar-refractivity contribution in [3.05, 3.63) is 90.2 Å². The van der Waals surface area contributed by atoms with Gasteiger partial charge in [-0.25, -0.2) is 12.8 Å². The molecule has 1 fully saturated rings. The summed E-state index contributed by atoms with van der Waals surface area (Å²) >= 11 is 1.26. The molecule has 1 amide bonds. The molecule has 3 aromatic carbocycles. The third-order valence-corrected chi connectivity index (χ3v) is 8.27. The molecule has 0 spiro atoms. The lowest BCUT2D eigenvalue weighted by Crippen LogP contribution is -2.44. The summed E-state index contributed by atoms with van der Waals surface area (Å²) in [5, 5.41) is 1.78. The second-order valence-corrected chi connectivity index (χ2v) is 10.1. The van der Waals surface area contributed by atoms with Gasteiger partial charge in [-0.15, -0.1) is 11.8 Å². The Bertz CT molecular complexity index is 1180. The van der Waals surface area contributed by atoms with Crippen LogP contribution in [0.2, 0.25) is 0 Å². The van der Waals surface area contributed by atoms with Gasteiger partial charge in [-0.1, -0.05) is 60.7 Å². The highest BCUT2D eigenvalue weighted by Gasteiger charge is 2.40. The van der Waals surface area contributed by atoms with Crippen molar-refractivity contribution in [3.8, 4) is 11.1 Å². The fourth-order valence-electron chi connectivity index (χ4n) is 3.40. The maximum Gasteiger partial charge on any atom is 0.249 e. The number of carbonyl (C=O) groups is 1. The van der Waals surface area contributed by atoms with Crippen molar-refractivity contribution in [2.45, 2.75) is 16.8 Å². The van der Waals surface area contributed by atoms with Crippen molar-refractivity contribution in [2.24, 2.45) is 0 Å². The molecule has 0 bridgehead atoms. The monoisotopic (exact) mass is 458 g/mol. The van der Waals surface area contributed by atoms with Crippen molar-refractivity contribution in [3.63, 3.8) is 0 Å². The second-order valence-electron chi connectivity index (χ2n) is 7.04. The van der Waals surface area contributed by atoms with E-state index in [9.17, 15) is 17.6 Å². The van der Waals surface area contributed by atoms with Crippen LogP contribution < -0.4 is 5.32 Å². The fourth-order valence-corrected chi connectivity index (χ4v) is 6.50. The van der Waals surface area contributed by atoms with E-state index in [0.717, 1.165) is 11.1 Å². The number of rotatable bonds is 6. The summed E-state index contributed by atoms with van der Waals surface area (Å²) in [6, 6.07) is 22.5. The molecule has 8 heteroatoms. The Balaban J connectivity index is 0.00000289. The molecule has 0 radical (unpaired) electrons. The normalized spacial score (nSPS) is 16.9. The molecule has 1 unspecified atom stereocenters. The zero-order valence-corrected chi connectivity index (χ0v) is 18.2. The van der Waals surface area contributed by atoms with Crippen molar-refractivity contribution in [1.82, 2.24) is 9.62 Å². The van der Waals surface area contributed by atoms with E-state index < -0.39 is 27.1 Å². The number of hydrogen-bond donors (Lipinski definition) is 1. The minimum absolute atomic E-state index is 0. The summed E-state index contributed by atoms with van der Waals surface area (Å²) in [7, 11) is -3.85. The molecule has 1 saturated heterocycles. The molecule has 31 heavy (non-hydrogen) atoms. The fraction of sp³-hybridized carbons (Fsp3) is 0.174. The number of thioether (sulfide) groups is 1. The highest BCUT2D eigenvalue weighted by Crippen LogP contribution is 2.31. The Morgan fingerprint density at radius 3 is 2.35 bits per heavy atom. The molecule has 0 aliphatic carbocycles. The lowest BCUT2D eigenvalue weighted by Gasteiger charge is -2.22. The first kappa shape index (κ1) is 21.5.